The van der Waals surface area contributed by atoms with E-state index in [4.69, 9.17) is 5.26 Å². The molecule has 0 amide bonds. The average molecular weight is 135 g/mol. The molecule has 1 heterocycles. The van der Waals surface area contributed by atoms with E-state index in [-0.39, 0.29) is 11.4 Å². The molecule has 1 aromatic rings. The molecule has 4 heteroatoms. The van der Waals surface area contributed by atoms with Crippen molar-refractivity contribution in [2.45, 2.75) is 0 Å². The van der Waals surface area contributed by atoms with Crippen molar-refractivity contribution in [3.63, 3.8) is 0 Å². The number of nitrogens with one attached hydrogen (secondary N) is 1. The number of nitrogens with zero attached hydrogens (tertiary/aromatic N) is 1. The molecule has 1 rings (SSSR count). The molecule has 0 aliphatic rings. The summed E-state index contributed by atoms with van der Waals surface area (Å²) in [5.41, 5.74) is 0.149. The van der Waals surface area contributed by atoms with Crippen LogP contribution in [0.5, 0.6) is 0 Å². The summed E-state index contributed by atoms with van der Waals surface area (Å²) in [6.07, 6.45) is 0. The quantitative estimate of drug-likeness (QED) is 0.550. The Balaban J connectivity index is 3.02. The third-order valence-corrected chi connectivity index (χ3v) is 1.03. The number of carboxylic acid groups (broad SMARTS) is 1. The molecule has 0 aromatic carbocycles. The predicted octanol–water partition coefficient (Wildman–Crippen LogP) is -0.750. The number of carbonyl (C=O) groups excluding carboxylic acids is 1. The van der Waals surface area contributed by atoms with Crippen LogP contribution in [0.4, 0.5) is 0 Å². The molecule has 0 aliphatic carbocycles. The summed E-state index contributed by atoms with van der Waals surface area (Å²) in [5.74, 6) is -1.30. The zero-order valence-corrected chi connectivity index (χ0v) is 4.92. The van der Waals surface area contributed by atoms with Gasteiger partial charge in [0.05, 0.1) is 11.7 Å². The van der Waals surface area contributed by atoms with Crippen molar-refractivity contribution >= 4 is 5.97 Å². The van der Waals surface area contributed by atoms with Gasteiger partial charge in [-0.15, -0.1) is 0 Å². The van der Waals surface area contributed by atoms with Gasteiger partial charge < -0.3 is 14.9 Å². The Kier molecular flexibility index (Phi) is 1.42. The van der Waals surface area contributed by atoms with Crippen molar-refractivity contribution in [2.24, 2.45) is 0 Å². The topological polar surface area (TPSA) is 79.7 Å². The molecular formula is C6H3N2O2-. The highest BCUT2D eigenvalue weighted by atomic mass is 16.4. The maximum absolute atomic E-state index is 10.1. The molecule has 0 atom stereocenters. The van der Waals surface area contributed by atoms with Crippen LogP contribution < -0.4 is 5.11 Å². The number of nitriles is 1. The van der Waals surface area contributed by atoms with Gasteiger partial charge >= 0.3 is 0 Å². The first-order valence-electron chi connectivity index (χ1n) is 2.54. The maximum Gasteiger partial charge on any atom is 0.118 e. The molecule has 0 saturated heterocycles. The van der Waals surface area contributed by atoms with Gasteiger partial charge in [0.15, 0.2) is 0 Å². The van der Waals surface area contributed by atoms with Crippen molar-refractivity contribution < 1.29 is 9.90 Å². The summed E-state index contributed by atoms with van der Waals surface area (Å²) < 4.78 is 0. The number of aromatic carboxylic acids is 1. The van der Waals surface area contributed by atoms with Gasteiger partial charge in [0.1, 0.15) is 11.8 Å². The van der Waals surface area contributed by atoms with E-state index in [9.17, 15) is 9.90 Å². The Bertz CT molecular complexity index is 295. The largest absolute Gasteiger partial charge is 0.543 e. The van der Waals surface area contributed by atoms with E-state index in [1.54, 1.807) is 6.07 Å². The number of hydrogen-bond donors (Lipinski definition) is 1. The molecule has 0 radical (unpaired) electrons. The third kappa shape index (κ3) is 0.977. The lowest BCUT2D eigenvalue weighted by atomic mass is 10.4. The number of carboxylic acids is 1. The standard InChI is InChI=1S/C6H4N2O2/c7-3-4-1-2-5(8-4)6(9)10/h1-2,8H,(H,9,10)/p-1. The summed E-state index contributed by atoms with van der Waals surface area (Å²) in [7, 11) is 0. The van der Waals surface area contributed by atoms with Crippen LogP contribution in [-0.2, 0) is 0 Å². The molecule has 0 aliphatic heterocycles. The Labute approximate surface area is 56.7 Å². The predicted molar refractivity (Wildman–Crippen MR) is 29.8 cm³/mol. The zero-order chi connectivity index (χ0) is 7.56. The van der Waals surface area contributed by atoms with Crippen molar-refractivity contribution in [2.75, 3.05) is 0 Å². The van der Waals surface area contributed by atoms with Gasteiger partial charge in [-0.05, 0) is 12.1 Å². The van der Waals surface area contributed by atoms with Crippen LogP contribution in [0.3, 0.4) is 0 Å². The van der Waals surface area contributed by atoms with Crippen LogP contribution in [0, 0.1) is 11.3 Å². The van der Waals surface area contributed by atoms with Crippen molar-refractivity contribution in [1.82, 2.24) is 4.98 Å². The summed E-state index contributed by atoms with van der Waals surface area (Å²) in [6.45, 7) is 0. The summed E-state index contributed by atoms with van der Waals surface area (Å²) >= 11 is 0. The number of aromatic nitrogens is 1. The van der Waals surface area contributed by atoms with E-state index in [1.807, 2.05) is 0 Å². The van der Waals surface area contributed by atoms with Crippen LogP contribution in [0.1, 0.15) is 16.2 Å². The highest BCUT2D eigenvalue weighted by Crippen LogP contribution is 1.97. The molecule has 50 valence electrons. The van der Waals surface area contributed by atoms with Gasteiger partial charge in [-0.1, -0.05) is 0 Å². The minimum atomic E-state index is -1.30. The van der Waals surface area contributed by atoms with Crippen molar-refractivity contribution in [3.8, 4) is 6.07 Å². The number of hydrogen-bond acceptors (Lipinski definition) is 3. The van der Waals surface area contributed by atoms with Crippen LogP contribution >= 0.6 is 0 Å². The molecule has 10 heavy (non-hydrogen) atoms. The molecule has 0 bridgehead atoms. The highest BCUT2D eigenvalue weighted by molar-refractivity contribution is 5.83. The summed E-state index contributed by atoms with van der Waals surface area (Å²) in [6, 6.07) is 4.42. The highest BCUT2D eigenvalue weighted by Gasteiger charge is 1.95. The van der Waals surface area contributed by atoms with Gasteiger partial charge in [-0.2, -0.15) is 5.26 Å². The summed E-state index contributed by atoms with van der Waals surface area (Å²) in [5, 5.41) is 18.3. The Morgan fingerprint density at radius 2 is 2.40 bits per heavy atom. The minimum absolute atomic E-state index is 0.0726. The van der Waals surface area contributed by atoms with Gasteiger partial charge in [-0.25, -0.2) is 0 Å². The number of aromatic amines is 1. The van der Waals surface area contributed by atoms with Crippen molar-refractivity contribution in [3.05, 3.63) is 23.5 Å². The fourth-order valence-corrected chi connectivity index (χ4v) is 0.579. The van der Waals surface area contributed by atoms with E-state index in [2.05, 4.69) is 4.98 Å². The van der Waals surface area contributed by atoms with Crippen molar-refractivity contribution in [1.29, 1.82) is 5.26 Å². The average Bonchev–Trinajstić information content (AvgIpc) is 2.34. The van der Waals surface area contributed by atoms with Crippen LogP contribution in [0.25, 0.3) is 0 Å². The molecule has 4 nitrogen and oxygen atoms in total. The number of rotatable bonds is 1. The minimum Gasteiger partial charge on any atom is -0.543 e. The normalized spacial score (nSPS) is 8.70. The first-order chi connectivity index (χ1) is 4.74. The lowest BCUT2D eigenvalue weighted by Gasteiger charge is -1.93. The van der Waals surface area contributed by atoms with Crippen LogP contribution in [-0.4, -0.2) is 11.0 Å². The van der Waals surface area contributed by atoms with E-state index in [1.165, 1.54) is 12.1 Å². The van der Waals surface area contributed by atoms with E-state index in [0.29, 0.717) is 0 Å². The number of H-pyrrole nitrogens is 1. The molecule has 0 spiro atoms. The van der Waals surface area contributed by atoms with E-state index < -0.39 is 5.97 Å². The fraction of sp³-hybridized carbons (Fsp3) is 0. The lowest BCUT2D eigenvalue weighted by Crippen LogP contribution is -2.22. The molecular weight excluding hydrogens is 132 g/mol. The third-order valence-electron chi connectivity index (χ3n) is 1.03. The SMILES string of the molecule is N#Cc1ccc(C(=O)[O-])[nH]1. The second-order valence-electron chi connectivity index (χ2n) is 1.68. The Morgan fingerprint density at radius 3 is 2.70 bits per heavy atom. The molecule has 0 saturated carbocycles. The number of carbonyl (C=O) groups is 1. The molecule has 1 N–H and O–H groups in total. The molecule has 0 unspecified atom stereocenters. The van der Waals surface area contributed by atoms with Gasteiger partial charge in [0.25, 0.3) is 0 Å². The van der Waals surface area contributed by atoms with Crippen LogP contribution in [0.2, 0.25) is 0 Å². The zero-order valence-electron chi connectivity index (χ0n) is 4.92. The van der Waals surface area contributed by atoms with Gasteiger partial charge in [0, 0.05) is 0 Å². The van der Waals surface area contributed by atoms with E-state index in [0.717, 1.165) is 0 Å². The molecule has 0 fully saturated rings. The second kappa shape index (κ2) is 2.23. The summed E-state index contributed by atoms with van der Waals surface area (Å²) in [4.78, 5) is 12.4. The monoisotopic (exact) mass is 135 g/mol. The lowest BCUT2D eigenvalue weighted by molar-refractivity contribution is -0.255. The van der Waals surface area contributed by atoms with E-state index >= 15 is 0 Å². The fourth-order valence-electron chi connectivity index (χ4n) is 0.579. The first-order valence-corrected chi connectivity index (χ1v) is 2.54. The second-order valence-corrected chi connectivity index (χ2v) is 1.68. The van der Waals surface area contributed by atoms with Gasteiger partial charge in [-0.3, -0.25) is 0 Å². The smallest absolute Gasteiger partial charge is 0.118 e. The molecule has 1 aromatic heterocycles. The van der Waals surface area contributed by atoms with Crippen LogP contribution in [0.15, 0.2) is 12.1 Å². The maximum atomic E-state index is 10.1. The Hall–Kier alpha value is -1.76. The van der Waals surface area contributed by atoms with Gasteiger partial charge in [0.2, 0.25) is 0 Å². The first kappa shape index (κ1) is 6.36. The Morgan fingerprint density at radius 1 is 1.70 bits per heavy atom.